The summed E-state index contributed by atoms with van der Waals surface area (Å²) in [5, 5.41) is 5.69. The fourth-order valence-corrected chi connectivity index (χ4v) is 3.18. The van der Waals surface area contributed by atoms with E-state index in [1.54, 1.807) is 12.1 Å². The average molecular weight is 327 g/mol. The predicted octanol–water partition coefficient (Wildman–Crippen LogP) is 1.70. The molecule has 0 heterocycles. The van der Waals surface area contributed by atoms with Crippen LogP contribution in [-0.2, 0) is 14.8 Å². The second-order valence-electron chi connectivity index (χ2n) is 5.21. The van der Waals surface area contributed by atoms with Crippen LogP contribution in [-0.4, -0.2) is 34.0 Å². The molecule has 0 fully saturated rings. The normalized spacial score (nSPS) is 12.9. The lowest BCUT2D eigenvalue weighted by Crippen LogP contribution is -2.32. The number of hydrogen-bond donors (Lipinski definition) is 3. The van der Waals surface area contributed by atoms with Crippen LogP contribution >= 0.6 is 0 Å². The highest BCUT2D eigenvalue weighted by Gasteiger charge is 2.17. The number of carbonyl (C=O) groups excluding carboxylic acids is 1. The molecule has 6 nitrogen and oxygen atoms in total. The van der Waals surface area contributed by atoms with Gasteiger partial charge in [0.05, 0.1) is 4.90 Å². The first-order valence-corrected chi connectivity index (χ1v) is 8.94. The molecule has 0 saturated heterocycles. The first-order valence-electron chi connectivity index (χ1n) is 7.46. The van der Waals surface area contributed by atoms with Crippen LogP contribution in [0.5, 0.6) is 0 Å². The van der Waals surface area contributed by atoms with Crippen LogP contribution in [0.4, 0.5) is 5.69 Å². The molecule has 1 atom stereocenters. The zero-order chi connectivity index (χ0) is 16.6. The summed E-state index contributed by atoms with van der Waals surface area (Å²) < 4.78 is 27.0. The maximum absolute atomic E-state index is 12.2. The van der Waals surface area contributed by atoms with Gasteiger partial charge in [0, 0.05) is 18.2 Å². The minimum atomic E-state index is -3.56. The van der Waals surface area contributed by atoms with E-state index in [0.717, 1.165) is 13.0 Å². The molecule has 124 valence electrons. The van der Waals surface area contributed by atoms with Gasteiger partial charge in [-0.1, -0.05) is 13.0 Å². The molecule has 1 rings (SSSR count). The zero-order valence-electron chi connectivity index (χ0n) is 13.3. The SMILES string of the molecule is CCC(C)NS(=O)(=O)c1cccc(NC(=O)CCCNC)c1. The number of carbonyl (C=O) groups is 1. The van der Waals surface area contributed by atoms with E-state index in [9.17, 15) is 13.2 Å². The molecule has 0 radical (unpaired) electrons. The Morgan fingerprint density at radius 2 is 2.05 bits per heavy atom. The Hall–Kier alpha value is -1.44. The molecule has 0 spiro atoms. The van der Waals surface area contributed by atoms with Crippen molar-refractivity contribution >= 4 is 21.6 Å². The van der Waals surface area contributed by atoms with Crippen LogP contribution in [0, 0.1) is 0 Å². The third kappa shape index (κ3) is 6.13. The highest BCUT2D eigenvalue weighted by molar-refractivity contribution is 7.89. The lowest BCUT2D eigenvalue weighted by Gasteiger charge is -2.13. The van der Waals surface area contributed by atoms with Gasteiger partial charge >= 0.3 is 0 Å². The quantitative estimate of drug-likeness (QED) is 0.603. The van der Waals surface area contributed by atoms with Gasteiger partial charge in [0.1, 0.15) is 0 Å². The monoisotopic (exact) mass is 327 g/mol. The van der Waals surface area contributed by atoms with Gasteiger partial charge in [0.25, 0.3) is 0 Å². The predicted molar refractivity (Wildman–Crippen MR) is 88.3 cm³/mol. The van der Waals surface area contributed by atoms with Gasteiger partial charge < -0.3 is 10.6 Å². The summed E-state index contributed by atoms with van der Waals surface area (Å²) in [6, 6.07) is 6.15. The number of benzene rings is 1. The molecule has 0 aliphatic carbocycles. The van der Waals surface area contributed by atoms with Gasteiger partial charge in [-0.25, -0.2) is 13.1 Å². The molecule has 22 heavy (non-hydrogen) atoms. The van der Waals surface area contributed by atoms with Gasteiger partial charge in [0.15, 0.2) is 0 Å². The Morgan fingerprint density at radius 1 is 1.32 bits per heavy atom. The summed E-state index contributed by atoms with van der Waals surface area (Å²) in [5.74, 6) is -0.125. The van der Waals surface area contributed by atoms with Gasteiger partial charge in [-0.15, -0.1) is 0 Å². The van der Waals surface area contributed by atoms with Crippen LogP contribution in [0.2, 0.25) is 0 Å². The minimum absolute atomic E-state index is 0.125. The van der Waals surface area contributed by atoms with Crippen molar-refractivity contribution in [3.63, 3.8) is 0 Å². The Kier molecular flexibility index (Phi) is 7.50. The fraction of sp³-hybridized carbons (Fsp3) is 0.533. The summed E-state index contributed by atoms with van der Waals surface area (Å²) in [7, 11) is -1.73. The number of rotatable bonds is 9. The topological polar surface area (TPSA) is 87.3 Å². The van der Waals surface area contributed by atoms with Crippen molar-refractivity contribution in [2.75, 3.05) is 18.9 Å². The van der Waals surface area contributed by atoms with Crippen molar-refractivity contribution in [1.82, 2.24) is 10.0 Å². The number of sulfonamides is 1. The number of amides is 1. The van der Waals surface area contributed by atoms with E-state index in [2.05, 4.69) is 15.4 Å². The molecule has 1 aromatic rings. The van der Waals surface area contributed by atoms with Gasteiger partial charge in [-0.3, -0.25) is 4.79 Å². The molecule has 0 aromatic heterocycles. The summed E-state index contributed by atoms with van der Waals surface area (Å²) >= 11 is 0. The van der Waals surface area contributed by atoms with E-state index >= 15 is 0 Å². The maximum atomic E-state index is 12.2. The summed E-state index contributed by atoms with van der Waals surface area (Å²) in [4.78, 5) is 11.9. The van der Waals surface area contributed by atoms with Gasteiger partial charge in [-0.05, 0) is 51.6 Å². The Balaban J connectivity index is 2.75. The zero-order valence-corrected chi connectivity index (χ0v) is 14.2. The molecular weight excluding hydrogens is 302 g/mol. The van der Waals surface area contributed by atoms with Crippen LogP contribution in [0.1, 0.15) is 33.1 Å². The van der Waals surface area contributed by atoms with Crippen molar-refractivity contribution in [3.8, 4) is 0 Å². The van der Waals surface area contributed by atoms with Crippen LogP contribution < -0.4 is 15.4 Å². The lowest BCUT2D eigenvalue weighted by molar-refractivity contribution is -0.116. The largest absolute Gasteiger partial charge is 0.326 e. The molecule has 7 heteroatoms. The molecule has 0 bridgehead atoms. The molecule has 0 aliphatic rings. The second-order valence-corrected chi connectivity index (χ2v) is 6.93. The minimum Gasteiger partial charge on any atom is -0.326 e. The third-order valence-corrected chi connectivity index (χ3v) is 4.81. The Bertz CT molecular complexity index is 587. The average Bonchev–Trinajstić information content (AvgIpc) is 2.47. The van der Waals surface area contributed by atoms with E-state index in [4.69, 9.17) is 0 Å². The standard InChI is InChI=1S/C15H25N3O3S/c1-4-12(2)18-22(20,21)14-8-5-7-13(11-14)17-15(19)9-6-10-16-3/h5,7-8,11-12,16,18H,4,6,9-10H2,1-3H3,(H,17,19). The molecule has 0 saturated carbocycles. The van der Waals surface area contributed by atoms with Gasteiger partial charge in [-0.2, -0.15) is 0 Å². The molecule has 0 aliphatic heterocycles. The summed E-state index contributed by atoms with van der Waals surface area (Å²) in [6.45, 7) is 4.49. The van der Waals surface area contributed by atoms with Crippen molar-refractivity contribution < 1.29 is 13.2 Å². The molecular formula is C15H25N3O3S. The third-order valence-electron chi connectivity index (χ3n) is 3.23. The van der Waals surface area contributed by atoms with E-state index in [-0.39, 0.29) is 16.8 Å². The van der Waals surface area contributed by atoms with E-state index in [1.807, 2.05) is 20.9 Å². The molecule has 1 amide bonds. The smallest absolute Gasteiger partial charge is 0.240 e. The Labute approximate surface area is 132 Å². The van der Waals surface area contributed by atoms with Crippen molar-refractivity contribution in [1.29, 1.82) is 0 Å². The Morgan fingerprint density at radius 3 is 2.68 bits per heavy atom. The van der Waals surface area contributed by atoms with Crippen LogP contribution in [0.25, 0.3) is 0 Å². The first-order chi connectivity index (χ1) is 10.4. The maximum Gasteiger partial charge on any atom is 0.240 e. The number of anilines is 1. The summed E-state index contributed by atoms with van der Waals surface area (Å²) in [5.41, 5.74) is 0.487. The molecule has 1 aromatic carbocycles. The number of hydrogen-bond acceptors (Lipinski definition) is 4. The highest BCUT2D eigenvalue weighted by atomic mass is 32.2. The highest BCUT2D eigenvalue weighted by Crippen LogP contribution is 2.16. The summed E-state index contributed by atoms with van der Waals surface area (Å²) in [6.07, 6.45) is 1.83. The fourth-order valence-electron chi connectivity index (χ4n) is 1.81. The van der Waals surface area contributed by atoms with E-state index in [0.29, 0.717) is 18.5 Å². The van der Waals surface area contributed by atoms with Crippen molar-refractivity contribution in [2.24, 2.45) is 0 Å². The van der Waals surface area contributed by atoms with E-state index in [1.165, 1.54) is 12.1 Å². The van der Waals surface area contributed by atoms with Crippen molar-refractivity contribution in [2.45, 2.75) is 44.0 Å². The van der Waals surface area contributed by atoms with Crippen LogP contribution in [0.3, 0.4) is 0 Å². The van der Waals surface area contributed by atoms with Crippen molar-refractivity contribution in [3.05, 3.63) is 24.3 Å². The van der Waals surface area contributed by atoms with Crippen LogP contribution in [0.15, 0.2) is 29.2 Å². The van der Waals surface area contributed by atoms with Gasteiger partial charge in [0.2, 0.25) is 15.9 Å². The number of nitrogens with one attached hydrogen (secondary N) is 3. The molecule has 1 unspecified atom stereocenters. The second kappa shape index (κ2) is 8.87. The first kappa shape index (κ1) is 18.6. The van der Waals surface area contributed by atoms with E-state index < -0.39 is 10.0 Å². The lowest BCUT2D eigenvalue weighted by atomic mass is 10.2. The molecule has 3 N–H and O–H groups in total.